The average Bonchev–Trinajstić information content (AvgIpc) is 3.41. The first-order valence-corrected chi connectivity index (χ1v) is 12.3. The number of aromatic nitrogens is 2. The molecule has 2 aromatic heterocycles. The minimum absolute atomic E-state index is 0.101. The number of benzene rings is 1. The predicted molar refractivity (Wildman–Crippen MR) is 132 cm³/mol. The lowest BCUT2D eigenvalue weighted by Gasteiger charge is -2.38. The number of nitrogens with zero attached hydrogens (tertiary/aromatic N) is 4. The largest absolute Gasteiger partial charge is 0.381 e. The Morgan fingerprint density at radius 1 is 1.24 bits per heavy atom. The number of ether oxygens (including phenoxy) is 1. The molecule has 1 aromatic carbocycles. The van der Waals surface area contributed by atoms with Crippen molar-refractivity contribution in [3.63, 3.8) is 0 Å². The molecule has 2 aliphatic heterocycles. The summed E-state index contributed by atoms with van der Waals surface area (Å²) < 4.78 is 7.65. The van der Waals surface area contributed by atoms with E-state index in [-0.39, 0.29) is 11.3 Å². The summed E-state index contributed by atoms with van der Waals surface area (Å²) in [5.74, 6) is -0.101. The highest BCUT2D eigenvalue weighted by atomic mass is 35.5. The summed E-state index contributed by atoms with van der Waals surface area (Å²) in [6.07, 6.45) is 4.89. The van der Waals surface area contributed by atoms with E-state index < -0.39 is 0 Å². The van der Waals surface area contributed by atoms with Gasteiger partial charge in [0.15, 0.2) is 0 Å². The van der Waals surface area contributed by atoms with Crippen LogP contribution < -0.4 is 0 Å². The molecule has 4 heterocycles. The molecule has 0 radical (unpaired) electrons. The molecule has 1 amide bonds. The molecule has 0 saturated carbocycles. The van der Waals surface area contributed by atoms with E-state index >= 15 is 0 Å². The summed E-state index contributed by atoms with van der Waals surface area (Å²) in [7, 11) is 1.96. The van der Waals surface area contributed by atoms with Crippen molar-refractivity contribution in [2.24, 2.45) is 12.5 Å². The molecule has 176 valence electrons. The van der Waals surface area contributed by atoms with Crippen LogP contribution in [-0.2, 0) is 18.2 Å². The molecule has 6 nitrogen and oxygen atoms in total. The van der Waals surface area contributed by atoms with E-state index in [4.69, 9.17) is 27.9 Å². The number of carbonyl (C=O) groups is 1. The number of aryl methyl sites for hydroxylation is 2. The maximum atomic E-state index is 13.4. The maximum absolute atomic E-state index is 13.4. The Morgan fingerprint density at radius 3 is 2.68 bits per heavy atom. The van der Waals surface area contributed by atoms with Crippen molar-refractivity contribution in [3.05, 3.63) is 62.5 Å². The SMILES string of the molecule is Cc1cc(C#N)cc2c1cc(Cc1c(Cl)ncc(C(=O)N3CCC4(CCOC4)CC3)c1Cl)n2C. The van der Waals surface area contributed by atoms with Gasteiger partial charge in [-0.05, 0) is 55.4 Å². The molecule has 1 spiro atoms. The van der Waals surface area contributed by atoms with Gasteiger partial charge in [-0.1, -0.05) is 23.2 Å². The molecule has 0 aliphatic carbocycles. The van der Waals surface area contributed by atoms with Crippen molar-refractivity contribution in [2.45, 2.75) is 32.6 Å². The Kier molecular flexibility index (Phi) is 6.05. The van der Waals surface area contributed by atoms with Crippen molar-refractivity contribution >= 4 is 40.0 Å². The number of hydrogen-bond donors (Lipinski definition) is 0. The second-order valence-corrected chi connectivity index (χ2v) is 10.3. The summed E-state index contributed by atoms with van der Waals surface area (Å²) in [6, 6.07) is 8.06. The molecule has 2 fully saturated rings. The molecule has 5 rings (SSSR count). The van der Waals surface area contributed by atoms with Crippen molar-refractivity contribution in [1.82, 2.24) is 14.5 Å². The highest BCUT2D eigenvalue weighted by Gasteiger charge is 2.39. The number of pyridine rings is 1. The van der Waals surface area contributed by atoms with E-state index in [1.165, 1.54) is 6.20 Å². The van der Waals surface area contributed by atoms with Crippen LogP contribution in [0.3, 0.4) is 0 Å². The lowest BCUT2D eigenvalue weighted by molar-refractivity contribution is 0.0532. The zero-order valence-electron chi connectivity index (χ0n) is 19.3. The van der Waals surface area contributed by atoms with Crippen LogP contribution in [0.15, 0.2) is 24.4 Å². The number of fused-ring (bicyclic) bond motifs is 1. The number of carbonyl (C=O) groups excluding carboxylic acids is 1. The number of piperidine rings is 1. The molecular weight excluding hydrogens is 471 g/mol. The molecule has 34 heavy (non-hydrogen) atoms. The lowest BCUT2D eigenvalue weighted by atomic mass is 9.78. The summed E-state index contributed by atoms with van der Waals surface area (Å²) in [6.45, 7) is 4.99. The monoisotopic (exact) mass is 496 g/mol. The molecule has 0 N–H and O–H groups in total. The Hall–Kier alpha value is -2.59. The first kappa shape index (κ1) is 23.2. The van der Waals surface area contributed by atoms with Crippen LogP contribution in [0.4, 0.5) is 0 Å². The van der Waals surface area contributed by atoms with Crippen molar-refractivity contribution in [3.8, 4) is 6.07 Å². The normalized spacial score (nSPS) is 17.4. The quantitative estimate of drug-likeness (QED) is 0.461. The molecule has 2 aliphatic rings. The Bertz CT molecular complexity index is 1330. The number of rotatable bonds is 3. The predicted octanol–water partition coefficient (Wildman–Crippen LogP) is 5.29. The summed E-state index contributed by atoms with van der Waals surface area (Å²) in [4.78, 5) is 19.5. The van der Waals surface area contributed by atoms with Crippen LogP contribution in [0.2, 0.25) is 10.2 Å². The highest BCUT2D eigenvalue weighted by Crippen LogP contribution is 2.40. The van der Waals surface area contributed by atoms with Crippen LogP contribution in [-0.4, -0.2) is 46.7 Å². The van der Waals surface area contributed by atoms with Gasteiger partial charge in [0, 0.05) is 61.5 Å². The van der Waals surface area contributed by atoms with E-state index in [0.29, 0.717) is 46.4 Å². The third kappa shape index (κ3) is 3.96. The molecule has 0 unspecified atom stereocenters. The second-order valence-electron chi connectivity index (χ2n) is 9.56. The smallest absolute Gasteiger partial charge is 0.256 e. The van der Waals surface area contributed by atoms with Crippen LogP contribution >= 0.6 is 23.2 Å². The van der Waals surface area contributed by atoms with Gasteiger partial charge < -0.3 is 14.2 Å². The fourth-order valence-corrected chi connectivity index (χ4v) is 5.83. The minimum Gasteiger partial charge on any atom is -0.381 e. The standard InChI is InChI=1S/C26H26Cl2N4O2/c1-16-9-17(13-29)10-22-19(16)11-18(31(22)2)12-20-23(27)21(14-30-24(20)28)25(33)32-6-3-26(4-7-32)5-8-34-15-26/h9-11,14H,3-8,12,15H2,1-2H3. The number of likely N-dealkylation sites (tertiary alicyclic amines) is 1. The third-order valence-corrected chi connectivity index (χ3v) is 8.30. The van der Waals surface area contributed by atoms with Gasteiger partial charge in [-0.3, -0.25) is 4.79 Å². The van der Waals surface area contributed by atoms with Gasteiger partial charge in [-0.25, -0.2) is 4.98 Å². The fraction of sp³-hybridized carbons (Fsp3) is 0.423. The average molecular weight is 497 g/mol. The third-order valence-electron chi connectivity index (χ3n) is 7.54. The highest BCUT2D eigenvalue weighted by molar-refractivity contribution is 6.37. The van der Waals surface area contributed by atoms with Gasteiger partial charge in [0.2, 0.25) is 0 Å². The van der Waals surface area contributed by atoms with Crippen LogP contribution in [0.25, 0.3) is 10.9 Å². The molecule has 3 aromatic rings. The van der Waals surface area contributed by atoms with E-state index in [9.17, 15) is 10.1 Å². The Balaban J connectivity index is 1.43. The van der Waals surface area contributed by atoms with Crippen molar-refractivity contribution in [1.29, 1.82) is 5.26 Å². The zero-order chi connectivity index (χ0) is 24.0. The Morgan fingerprint density at radius 2 is 2.00 bits per heavy atom. The van der Waals surface area contributed by atoms with E-state index in [0.717, 1.165) is 54.6 Å². The van der Waals surface area contributed by atoms with Gasteiger partial charge in [0.25, 0.3) is 5.91 Å². The molecule has 0 bridgehead atoms. The number of hydrogen-bond acceptors (Lipinski definition) is 4. The summed E-state index contributed by atoms with van der Waals surface area (Å²) in [5, 5.41) is 11.1. The Labute approximate surface area is 209 Å². The number of halogens is 2. The summed E-state index contributed by atoms with van der Waals surface area (Å²) in [5.41, 5.74) is 4.85. The number of amides is 1. The first-order chi connectivity index (χ1) is 16.3. The topological polar surface area (TPSA) is 71.2 Å². The second kappa shape index (κ2) is 8.88. The fourth-order valence-electron chi connectivity index (χ4n) is 5.29. The first-order valence-electron chi connectivity index (χ1n) is 11.5. The van der Waals surface area contributed by atoms with Gasteiger partial charge in [0.1, 0.15) is 5.15 Å². The van der Waals surface area contributed by atoms with Crippen LogP contribution in [0.5, 0.6) is 0 Å². The van der Waals surface area contributed by atoms with Gasteiger partial charge >= 0.3 is 0 Å². The molecular formula is C26H26Cl2N4O2. The van der Waals surface area contributed by atoms with Gasteiger partial charge in [0.05, 0.1) is 28.8 Å². The maximum Gasteiger partial charge on any atom is 0.256 e. The van der Waals surface area contributed by atoms with E-state index in [1.807, 2.05) is 35.6 Å². The van der Waals surface area contributed by atoms with Crippen molar-refractivity contribution < 1.29 is 9.53 Å². The lowest BCUT2D eigenvalue weighted by Crippen LogP contribution is -2.43. The van der Waals surface area contributed by atoms with Crippen LogP contribution in [0, 0.1) is 23.7 Å². The van der Waals surface area contributed by atoms with Crippen molar-refractivity contribution in [2.75, 3.05) is 26.3 Å². The molecule has 2 saturated heterocycles. The number of nitriles is 1. The van der Waals surface area contributed by atoms with E-state index in [1.54, 1.807) is 0 Å². The van der Waals surface area contributed by atoms with Gasteiger partial charge in [-0.2, -0.15) is 5.26 Å². The molecule has 8 heteroatoms. The van der Waals surface area contributed by atoms with Crippen LogP contribution in [0.1, 0.15) is 52.0 Å². The summed E-state index contributed by atoms with van der Waals surface area (Å²) >= 11 is 13.3. The van der Waals surface area contributed by atoms with E-state index in [2.05, 4.69) is 17.1 Å². The zero-order valence-corrected chi connectivity index (χ0v) is 20.8. The minimum atomic E-state index is -0.101. The molecule has 0 atom stereocenters. The van der Waals surface area contributed by atoms with Gasteiger partial charge in [-0.15, -0.1) is 0 Å².